The molecule has 1 atom stereocenters. The number of rotatable bonds is 7. The molecule has 0 fully saturated rings. The smallest absolute Gasteiger partial charge is 0.226 e. The molecule has 0 aliphatic rings. The van der Waals surface area contributed by atoms with E-state index in [-0.39, 0.29) is 11.8 Å². The third-order valence-electron chi connectivity index (χ3n) is 2.95. The molecule has 3 heteroatoms. The maximum atomic E-state index is 12.3. The van der Waals surface area contributed by atoms with Gasteiger partial charge in [0.2, 0.25) is 5.91 Å². The maximum absolute atomic E-state index is 12.3. The van der Waals surface area contributed by atoms with Gasteiger partial charge < -0.3 is 10.2 Å². The van der Waals surface area contributed by atoms with E-state index in [4.69, 9.17) is 0 Å². The number of carbonyl (C=O) groups excluding carboxylic acids is 1. The lowest BCUT2D eigenvalue weighted by atomic mass is 10.1. The molecule has 0 aliphatic carbocycles. The van der Waals surface area contributed by atoms with Crippen molar-refractivity contribution in [3.8, 4) is 0 Å². The van der Waals surface area contributed by atoms with Crippen LogP contribution in [0, 0.1) is 5.92 Å². The largest absolute Gasteiger partial charge is 0.338 e. The molecule has 0 spiro atoms. The van der Waals surface area contributed by atoms with Gasteiger partial charge in [-0.3, -0.25) is 4.79 Å². The molecule has 0 radical (unpaired) electrons. The van der Waals surface area contributed by atoms with Gasteiger partial charge in [0.05, 0.1) is 0 Å². The van der Waals surface area contributed by atoms with Gasteiger partial charge in [0.25, 0.3) is 0 Å². The number of hydrogen-bond acceptors (Lipinski definition) is 2. The molecule has 3 nitrogen and oxygen atoms in total. The van der Waals surface area contributed by atoms with E-state index < -0.39 is 0 Å². The molecule has 0 aromatic heterocycles. The molecule has 0 bridgehead atoms. The third kappa shape index (κ3) is 4.49. The molecule has 1 amide bonds. The van der Waals surface area contributed by atoms with Gasteiger partial charge in [-0.25, -0.2) is 0 Å². The zero-order valence-electron chi connectivity index (χ0n) is 11.6. The van der Waals surface area contributed by atoms with Gasteiger partial charge in [0.15, 0.2) is 0 Å². The van der Waals surface area contributed by atoms with E-state index in [0.29, 0.717) is 6.54 Å². The summed E-state index contributed by atoms with van der Waals surface area (Å²) in [5.74, 6) is 0.264. The second-order valence-corrected chi connectivity index (χ2v) is 4.70. The molecule has 1 aromatic rings. The summed E-state index contributed by atoms with van der Waals surface area (Å²) < 4.78 is 0. The Labute approximate surface area is 110 Å². The van der Waals surface area contributed by atoms with Crippen LogP contribution in [0.1, 0.15) is 25.8 Å². The summed E-state index contributed by atoms with van der Waals surface area (Å²) in [7, 11) is 1.88. The van der Waals surface area contributed by atoms with Crippen LogP contribution in [0.4, 0.5) is 0 Å². The lowest BCUT2D eigenvalue weighted by Crippen LogP contribution is -2.38. The van der Waals surface area contributed by atoms with Crippen LogP contribution in [-0.2, 0) is 11.3 Å². The van der Waals surface area contributed by atoms with Crippen LogP contribution in [0.5, 0.6) is 0 Å². The highest BCUT2D eigenvalue weighted by molar-refractivity contribution is 5.78. The fourth-order valence-electron chi connectivity index (χ4n) is 2.05. The zero-order valence-corrected chi connectivity index (χ0v) is 11.6. The second-order valence-electron chi connectivity index (χ2n) is 4.70. The molecule has 100 valence electrons. The normalized spacial score (nSPS) is 12.2. The maximum Gasteiger partial charge on any atom is 0.226 e. The number of hydrogen-bond donors (Lipinski definition) is 1. The Kier molecular flexibility index (Phi) is 6.44. The summed E-state index contributed by atoms with van der Waals surface area (Å²) in [6.07, 6.45) is 0.991. The number of nitrogens with zero attached hydrogens (tertiary/aromatic N) is 1. The van der Waals surface area contributed by atoms with E-state index >= 15 is 0 Å². The van der Waals surface area contributed by atoms with Crippen molar-refractivity contribution < 1.29 is 4.79 Å². The van der Waals surface area contributed by atoms with Crippen molar-refractivity contribution in [1.82, 2.24) is 10.2 Å². The van der Waals surface area contributed by atoms with Crippen molar-refractivity contribution >= 4 is 5.91 Å². The summed E-state index contributed by atoms with van der Waals surface area (Å²) in [5.41, 5.74) is 1.19. The van der Waals surface area contributed by atoms with Crippen LogP contribution >= 0.6 is 0 Å². The summed E-state index contributed by atoms with van der Waals surface area (Å²) in [5, 5.41) is 3.06. The van der Waals surface area contributed by atoms with Crippen LogP contribution in [0.25, 0.3) is 0 Å². The minimum absolute atomic E-state index is 0.0327. The van der Waals surface area contributed by atoms with E-state index in [0.717, 1.165) is 19.5 Å². The van der Waals surface area contributed by atoms with Crippen LogP contribution in [-0.4, -0.2) is 30.9 Å². The standard InChI is InChI=1S/C15H24N2O/c1-4-10-17(15(18)13(2)11-16-3)12-14-8-6-5-7-9-14/h5-9,13,16H,4,10-12H2,1-3H3. The first-order valence-corrected chi connectivity index (χ1v) is 6.66. The summed E-state index contributed by atoms with van der Waals surface area (Å²) in [6, 6.07) is 10.2. The highest BCUT2D eigenvalue weighted by Gasteiger charge is 2.19. The molecule has 1 rings (SSSR count). The Morgan fingerprint density at radius 3 is 2.56 bits per heavy atom. The van der Waals surface area contributed by atoms with Crippen molar-refractivity contribution in [3.63, 3.8) is 0 Å². The number of carbonyl (C=O) groups is 1. The molecular formula is C15H24N2O. The van der Waals surface area contributed by atoms with Gasteiger partial charge in [-0.05, 0) is 19.0 Å². The average molecular weight is 248 g/mol. The van der Waals surface area contributed by atoms with Gasteiger partial charge in [-0.2, -0.15) is 0 Å². The number of benzene rings is 1. The predicted octanol–water partition coefficient (Wildman–Crippen LogP) is 2.28. The average Bonchev–Trinajstić information content (AvgIpc) is 2.39. The molecule has 0 aliphatic heterocycles. The Balaban J connectivity index is 2.67. The Hall–Kier alpha value is -1.35. The summed E-state index contributed by atoms with van der Waals surface area (Å²) in [4.78, 5) is 14.3. The van der Waals surface area contributed by atoms with Crippen molar-refractivity contribution in [2.24, 2.45) is 5.92 Å². The molecule has 1 unspecified atom stereocenters. The minimum atomic E-state index is 0.0327. The summed E-state index contributed by atoms with van der Waals surface area (Å²) in [6.45, 7) is 6.34. The van der Waals surface area contributed by atoms with Crippen molar-refractivity contribution in [2.45, 2.75) is 26.8 Å². The first-order valence-electron chi connectivity index (χ1n) is 6.66. The van der Waals surface area contributed by atoms with Crippen molar-refractivity contribution in [1.29, 1.82) is 0 Å². The van der Waals surface area contributed by atoms with Crippen LogP contribution in [0.2, 0.25) is 0 Å². The summed E-state index contributed by atoms with van der Waals surface area (Å²) >= 11 is 0. The third-order valence-corrected chi connectivity index (χ3v) is 2.95. The molecular weight excluding hydrogens is 224 g/mol. The second kappa shape index (κ2) is 7.88. The lowest BCUT2D eigenvalue weighted by Gasteiger charge is -2.25. The minimum Gasteiger partial charge on any atom is -0.338 e. The number of amides is 1. The van der Waals surface area contributed by atoms with E-state index in [9.17, 15) is 4.79 Å². The highest BCUT2D eigenvalue weighted by atomic mass is 16.2. The zero-order chi connectivity index (χ0) is 13.4. The van der Waals surface area contributed by atoms with Gasteiger partial charge in [0, 0.05) is 25.6 Å². The fourth-order valence-corrected chi connectivity index (χ4v) is 2.05. The Morgan fingerprint density at radius 2 is 2.00 bits per heavy atom. The molecule has 18 heavy (non-hydrogen) atoms. The fraction of sp³-hybridized carbons (Fsp3) is 0.533. The molecule has 0 saturated carbocycles. The SMILES string of the molecule is CCCN(Cc1ccccc1)C(=O)C(C)CNC. The quantitative estimate of drug-likeness (QED) is 0.803. The van der Waals surface area contributed by atoms with Gasteiger partial charge in [-0.1, -0.05) is 44.2 Å². The first-order chi connectivity index (χ1) is 8.69. The van der Waals surface area contributed by atoms with Gasteiger partial charge >= 0.3 is 0 Å². The van der Waals surface area contributed by atoms with Crippen LogP contribution in [0.15, 0.2) is 30.3 Å². The molecule has 0 heterocycles. The van der Waals surface area contributed by atoms with Crippen LogP contribution in [0.3, 0.4) is 0 Å². The predicted molar refractivity (Wildman–Crippen MR) is 75.2 cm³/mol. The number of nitrogens with one attached hydrogen (secondary N) is 1. The van der Waals surface area contributed by atoms with E-state index in [1.165, 1.54) is 5.56 Å². The van der Waals surface area contributed by atoms with Crippen molar-refractivity contribution in [2.75, 3.05) is 20.1 Å². The molecule has 1 aromatic carbocycles. The topological polar surface area (TPSA) is 32.3 Å². The Bertz CT molecular complexity index is 351. The van der Waals surface area contributed by atoms with E-state index in [2.05, 4.69) is 24.4 Å². The van der Waals surface area contributed by atoms with Crippen molar-refractivity contribution in [3.05, 3.63) is 35.9 Å². The lowest BCUT2D eigenvalue weighted by molar-refractivity contribution is -0.135. The first kappa shape index (κ1) is 14.7. The monoisotopic (exact) mass is 248 g/mol. The van der Waals surface area contributed by atoms with Gasteiger partial charge in [0.1, 0.15) is 0 Å². The molecule has 1 N–H and O–H groups in total. The highest BCUT2D eigenvalue weighted by Crippen LogP contribution is 2.09. The van der Waals surface area contributed by atoms with Gasteiger partial charge in [-0.15, -0.1) is 0 Å². The Morgan fingerprint density at radius 1 is 1.33 bits per heavy atom. The molecule has 0 saturated heterocycles. The van der Waals surface area contributed by atoms with E-state index in [1.807, 2.05) is 37.1 Å². The van der Waals surface area contributed by atoms with E-state index in [1.54, 1.807) is 0 Å². The van der Waals surface area contributed by atoms with Crippen LogP contribution < -0.4 is 5.32 Å².